The Kier molecular flexibility index (Phi) is 3.43. The number of ether oxygens (including phenoxy) is 3. The molecule has 0 radical (unpaired) electrons. The molecule has 1 aromatic rings. The van der Waals surface area contributed by atoms with Crippen LogP contribution in [0.1, 0.15) is 31.9 Å². The molecular weight excluding hydrogens is 332 g/mol. The van der Waals surface area contributed by atoms with Crippen molar-refractivity contribution >= 4 is 11.5 Å². The molecule has 0 spiro atoms. The maximum atomic E-state index is 13.0. The molecule has 0 amide bonds. The van der Waals surface area contributed by atoms with E-state index in [1.165, 1.54) is 7.11 Å². The van der Waals surface area contributed by atoms with E-state index in [9.17, 15) is 10.2 Å². The molecule has 6 heteroatoms. The molecule has 1 saturated heterocycles. The summed E-state index contributed by atoms with van der Waals surface area (Å²) in [5, 5.41) is 9.87. The third kappa shape index (κ3) is 1.63. The first kappa shape index (κ1) is 17.0. The van der Waals surface area contributed by atoms with E-state index in [2.05, 4.69) is 4.98 Å². The molecule has 1 heterocycles. The number of carbonyl (C=O) groups excluding carboxylic acids is 1. The van der Waals surface area contributed by atoms with Gasteiger partial charge in [-0.2, -0.15) is 0 Å². The number of allylic oxidation sites excluding steroid dienone is 1. The Balaban J connectivity index is 2.23. The fourth-order valence-electron chi connectivity index (χ4n) is 5.42. The fraction of sp³-hybridized carbons (Fsp3) is 0.450. The summed E-state index contributed by atoms with van der Waals surface area (Å²) in [6, 6.07) is 5.49. The normalized spacial score (nSPS) is 34.8. The zero-order valence-electron chi connectivity index (χ0n) is 15.5. The number of benzene rings is 1. The molecule has 134 valence electrons. The first-order valence-electron chi connectivity index (χ1n) is 8.60. The molecule has 1 aliphatic heterocycles. The lowest BCUT2D eigenvalue weighted by molar-refractivity contribution is -0.256. The molecule has 6 nitrogen and oxygen atoms in total. The maximum absolute atomic E-state index is 13.0. The molecule has 2 aliphatic carbocycles. The lowest BCUT2D eigenvalue weighted by Crippen LogP contribution is -2.52. The lowest BCUT2D eigenvalue weighted by Gasteiger charge is -2.47. The van der Waals surface area contributed by atoms with Crippen LogP contribution in [0.3, 0.4) is 0 Å². The van der Waals surface area contributed by atoms with Crippen molar-refractivity contribution in [2.45, 2.75) is 32.7 Å². The number of rotatable bonds is 2. The van der Waals surface area contributed by atoms with Crippen LogP contribution in [0, 0.1) is 16.7 Å². The molecule has 0 unspecified atom stereocenters. The van der Waals surface area contributed by atoms with E-state index >= 15 is 0 Å². The van der Waals surface area contributed by atoms with Gasteiger partial charge in [-0.15, -0.1) is 0 Å². The number of fused-ring (bicyclic) bond motifs is 2. The van der Waals surface area contributed by atoms with E-state index in [1.807, 2.05) is 32.9 Å². The van der Waals surface area contributed by atoms with Crippen molar-refractivity contribution in [3.05, 3.63) is 51.5 Å². The number of diazo groups is 1. The van der Waals surface area contributed by atoms with Gasteiger partial charge in [-0.25, -0.2) is 0 Å². The SMILES string of the molecule is COc1cccc2c1C([N+]#N)=C1C(=O)C=C(C)[C@@H]3[C@@H](C)O[C@@]2(OC)[C@]13C. The zero-order valence-corrected chi connectivity index (χ0v) is 15.5. The van der Waals surface area contributed by atoms with Crippen LogP contribution >= 0.6 is 0 Å². The van der Waals surface area contributed by atoms with Crippen molar-refractivity contribution in [2.75, 3.05) is 14.2 Å². The van der Waals surface area contributed by atoms with Crippen LogP contribution < -0.4 is 4.74 Å². The second kappa shape index (κ2) is 5.26. The molecule has 0 saturated carbocycles. The van der Waals surface area contributed by atoms with Crippen molar-refractivity contribution in [3.63, 3.8) is 0 Å². The number of ketones is 1. The van der Waals surface area contributed by atoms with E-state index < -0.39 is 11.2 Å². The lowest BCUT2D eigenvalue weighted by atomic mass is 9.55. The van der Waals surface area contributed by atoms with Crippen LogP contribution in [0.5, 0.6) is 5.75 Å². The zero-order chi connectivity index (χ0) is 18.9. The quantitative estimate of drug-likeness (QED) is 0.759. The third-order valence-corrected chi connectivity index (χ3v) is 6.20. The Morgan fingerprint density at radius 1 is 1.31 bits per heavy atom. The Morgan fingerprint density at radius 3 is 2.65 bits per heavy atom. The maximum Gasteiger partial charge on any atom is 0.404 e. The summed E-state index contributed by atoms with van der Waals surface area (Å²) in [7, 11) is 3.12. The van der Waals surface area contributed by atoms with Crippen LogP contribution in [0.2, 0.25) is 0 Å². The molecular formula is C20H21N2O4+. The summed E-state index contributed by atoms with van der Waals surface area (Å²) < 4.78 is 17.9. The highest BCUT2D eigenvalue weighted by molar-refractivity contribution is 6.14. The number of methoxy groups -OCH3 is 2. The van der Waals surface area contributed by atoms with E-state index in [1.54, 1.807) is 19.3 Å². The first-order chi connectivity index (χ1) is 12.4. The summed E-state index contributed by atoms with van der Waals surface area (Å²) in [6.45, 7) is 5.88. The summed E-state index contributed by atoms with van der Waals surface area (Å²) in [5.74, 6) is -0.939. The predicted molar refractivity (Wildman–Crippen MR) is 94.6 cm³/mol. The molecule has 3 aliphatic rings. The van der Waals surface area contributed by atoms with Gasteiger partial charge >= 0.3 is 5.70 Å². The first-order valence-corrected chi connectivity index (χ1v) is 8.60. The van der Waals surface area contributed by atoms with Gasteiger partial charge in [0.1, 0.15) is 16.9 Å². The van der Waals surface area contributed by atoms with Gasteiger partial charge in [0.25, 0.3) is 0 Å². The molecule has 0 aromatic heterocycles. The minimum absolute atomic E-state index is 0.0775. The Bertz CT molecular complexity index is 942. The average Bonchev–Trinajstić information content (AvgIpc) is 2.86. The molecule has 4 rings (SSSR count). The second-order valence-electron chi connectivity index (χ2n) is 7.28. The van der Waals surface area contributed by atoms with Crippen molar-refractivity contribution in [1.29, 1.82) is 5.39 Å². The number of hydrogen-bond acceptors (Lipinski definition) is 5. The number of hydrogen-bond donors (Lipinski definition) is 0. The Morgan fingerprint density at radius 2 is 2.04 bits per heavy atom. The van der Waals surface area contributed by atoms with Gasteiger partial charge in [0.15, 0.2) is 10.8 Å². The van der Waals surface area contributed by atoms with Gasteiger partial charge in [-0.3, -0.25) is 4.79 Å². The highest BCUT2D eigenvalue weighted by Crippen LogP contribution is 2.68. The van der Waals surface area contributed by atoms with Crippen molar-refractivity contribution in [2.24, 2.45) is 11.3 Å². The highest BCUT2D eigenvalue weighted by atomic mass is 16.7. The molecule has 0 bridgehead atoms. The molecule has 26 heavy (non-hydrogen) atoms. The monoisotopic (exact) mass is 353 g/mol. The summed E-state index contributed by atoms with van der Waals surface area (Å²) in [4.78, 5) is 16.6. The summed E-state index contributed by atoms with van der Waals surface area (Å²) >= 11 is 0. The van der Waals surface area contributed by atoms with Crippen molar-refractivity contribution in [3.8, 4) is 5.75 Å². The summed E-state index contributed by atoms with van der Waals surface area (Å²) in [6.07, 6.45) is 1.43. The smallest absolute Gasteiger partial charge is 0.404 e. The van der Waals surface area contributed by atoms with E-state index in [-0.39, 0.29) is 23.5 Å². The van der Waals surface area contributed by atoms with Crippen molar-refractivity contribution in [1.82, 2.24) is 0 Å². The highest BCUT2D eigenvalue weighted by Gasteiger charge is 2.72. The van der Waals surface area contributed by atoms with Crippen LogP contribution in [0.15, 0.2) is 35.4 Å². The predicted octanol–water partition coefficient (Wildman–Crippen LogP) is 3.64. The molecule has 1 aromatic carbocycles. The Hall–Kier alpha value is -2.49. The third-order valence-electron chi connectivity index (χ3n) is 6.20. The minimum atomic E-state index is -1.17. The van der Waals surface area contributed by atoms with E-state index in [0.29, 0.717) is 22.4 Å². The topological polar surface area (TPSA) is 72.9 Å². The molecule has 0 N–H and O–H groups in total. The van der Waals surface area contributed by atoms with E-state index in [4.69, 9.17) is 14.2 Å². The fourth-order valence-corrected chi connectivity index (χ4v) is 5.42. The second-order valence-corrected chi connectivity index (χ2v) is 7.28. The van der Waals surface area contributed by atoms with Gasteiger partial charge in [0, 0.05) is 18.6 Å². The van der Waals surface area contributed by atoms with Crippen LogP contribution in [-0.4, -0.2) is 26.1 Å². The van der Waals surface area contributed by atoms with Crippen LogP contribution in [-0.2, 0) is 20.1 Å². The molecule has 4 atom stereocenters. The Labute approximate surface area is 152 Å². The van der Waals surface area contributed by atoms with E-state index in [0.717, 1.165) is 5.57 Å². The largest absolute Gasteiger partial charge is 0.496 e. The van der Waals surface area contributed by atoms with Gasteiger partial charge in [0.2, 0.25) is 11.2 Å². The van der Waals surface area contributed by atoms with Crippen LogP contribution in [0.25, 0.3) is 10.7 Å². The van der Waals surface area contributed by atoms with Gasteiger partial charge in [-0.1, -0.05) is 17.7 Å². The van der Waals surface area contributed by atoms with Gasteiger partial charge < -0.3 is 14.2 Å². The standard InChI is InChI=1S/C20H21N2O4/c1-10-9-13(23)17-18(22-21)15-12(7-6-8-14(15)24-4)20(25-5)19(17,3)16(10)11(2)26-20/h6-9,11,16H,1-5H3/q+1/t11-,16-,19+,20-/m1/s1. The van der Waals surface area contributed by atoms with Crippen LogP contribution in [0.4, 0.5) is 0 Å². The minimum Gasteiger partial charge on any atom is -0.496 e. The summed E-state index contributed by atoms with van der Waals surface area (Å²) in [5.41, 5.74) is 1.98. The number of carbonyl (C=O) groups is 1. The van der Waals surface area contributed by atoms with Gasteiger partial charge in [0.05, 0.1) is 18.6 Å². The van der Waals surface area contributed by atoms with Crippen molar-refractivity contribution < 1.29 is 19.0 Å². The van der Waals surface area contributed by atoms with Gasteiger partial charge in [-0.05, 0) is 32.9 Å². The molecule has 1 fully saturated rings. The number of nitrogens with zero attached hydrogens (tertiary/aromatic N) is 2. The average molecular weight is 353 g/mol.